The molecule has 9 heteroatoms. The molecule has 1 heterocycles. The molecule has 112 valence electrons. The largest absolute Gasteiger partial charge is 0.416 e. The first kappa shape index (κ1) is 14.8. The van der Waals surface area contributed by atoms with Crippen LogP contribution in [0.1, 0.15) is 21.7 Å². The standard InChI is InChI=1S/C12H11F3N4O2/c13-12(14,15)7-1-2-9(16)8(5-7)11(20)17-4-3-10-18-6-21-19-10/h1-2,5-6H,3-4,16H2,(H,17,20). The molecule has 1 aromatic carbocycles. The fourth-order valence-corrected chi connectivity index (χ4v) is 1.61. The number of aromatic nitrogens is 2. The lowest BCUT2D eigenvalue weighted by molar-refractivity contribution is -0.137. The van der Waals surface area contributed by atoms with Gasteiger partial charge < -0.3 is 15.6 Å². The molecule has 0 radical (unpaired) electrons. The average Bonchev–Trinajstić information content (AvgIpc) is 2.91. The third kappa shape index (κ3) is 3.71. The van der Waals surface area contributed by atoms with Gasteiger partial charge in [0.2, 0.25) is 6.39 Å². The number of rotatable bonds is 4. The number of nitrogens with two attached hydrogens (primary N) is 1. The number of benzene rings is 1. The second-order valence-corrected chi connectivity index (χ2v) is 4.15. The maximum Gasteiger partial charge on any atom is 0.416 e. The summed E-state index contributed by atoms with van der Waals surface area (Å²) in [5.41, 5.74) is 4.35. The highest BCUT2D eigenvalue weighted by atomic mass is 19.4. The Hall–Kier alpha value is -2.58. The van der Waals surface area contributed by atoms with E-state index in [-0.39, 0.29) is 17.8 Å². The highest BCUT2D eigenvalue weighted by Gasteiger charge is 2.31. The van der Waals surface area contributed by atoms with Crippen molar-refractivity contribution >= 4 is 11.6 Å². The second kappa shape index (κ2) is 5.81. The van der Waals surface area contributed by atoms with E-state index in [0.717, 1.165) is 24.6 Å². The third-order valence-electron chi connectivity index (χ3n) is 2.67. The number of nitrogens with zero attached hydrogens (tertiary/aromatic N) is 2. The molecule has 0 aliphatic heterocycles. The minimum absolute atomic E-state index is 0.0277. The fourth-order valence-electron chi connectivity index (χ4n) is 1.61. The number of hydrogen-bond acceptors (Lipinski definition) is 5. The molecule has 0 atom stereocenters. The summed E-state index contributed by atoms with van der Waals surface area (Å²) in [6.07, 6.45) is -3.10. The molecule has 1 amide bonds. The molecule has 0 aliphatic rings. The van der Waals surface area contributed by atoms with Gasteiger partial charge >= 0.3 is 6.18 Å². The van der Waals surface area contributed by atoms with Crippen molar-refractivity contribution in [3.8, 4) is 0 Å². The van der Waals surface area contributed by atoms with Crippen molar-refractivity contribution in [2.24, 2.45) is 0 Å². The van der Waals surface area contributed by atoms with Gasteiger partial charge in [0.25, 0.3) is 5.91 Å². The fraction of sp³-hybridized carbons (Fsp3) is 0.250. The molecular formula is C12H11F3N4O2. The van der Waals surface area contributed by atoms with Gasteiger partial charge in [0.15, 0.2) is 5.82 Å². The summed E-state index contributed by atoms with van der Waals surface area (Å²) in [5.74, 6) is -0.311. The van der Waals surface area contributed by atoms with E-state index in [9.17, 15) is 18.0 Å². The first-order valence-corrected chi connectivity index (χ1v) is 5.88. The van der Waals surface area contributed by atoms with E-state index in [4.69, 9.17) is 5.73 Å². The molecule has 0 aliphatic carbocycles. The number of amides is 1. The van der Waals surface area contributed by atoms with Crippen molar-refractivity contribution in [3.05, 3.63) is 41.5 Å². The number of nitrogen functional groups attached to an aromatic ring is 1. The lowest BCUT2D eigenvalue weighted by Crippen LogP contribution is -2.27. The normalized spacial score (nSPS) is 11.4. The average molecular weight is 300 g/mol. The molecule has 1 aromatic heterocycles. The number of carbonyl (C=O) groups is 1. The van der Waals surface area contributed by atoms with Crippen LogP contribution < -0.4 is 11.1 Å². The minimum Gasteiger partial charge on any atom is -0.398 e. The van der Waals surface area contributed by atoms with Crippen LogP contribution in [0.5, 0.6) is 0 Å². The van der Waals surface area contributed by atoms with Crippen molar-refractivity contribution in [1.29, 1.82) is 0 Å². The Kier molecular flexibility index (Phi) is 4.10. The van der Waals surface area contributed by atoms with E-state index in [1.165, 1.54) is 0 Å². The zero-order valence-electron chi connectivity index (χ0n) is 10.6. The van der Waals surface area contributed by atoms with Gasteiger partial charge in [-0.05, 0) is 18.2 Å². The summed E-state index contributed by atoms with van der Waals surface area (Å²) in [6, 6.07) is 2.60. The van der Waals surface area contributed by atoms with Crippen molar-refractivity contribution in [1.82, 2.24) is 15.5 Å². The summed E-state index contributed by atoms with van der Waals surface area (Å²) in [6.45, 7) is 0.147. The molecule has 0 bridgehead atoms. The van der Waals surface area contributed by atoms with Crippen LogP contribution in [0.3, 0.4) is 0 Å². The molecule has 0 unspecified atom stereocenters. The SMILES string of the molecule is Nc1ccc(C(F)(F)F)cc1C(=O)NCCc1ncon1. The van der Waals surface area contributed by atoms with E-state index in [2.05, 4.69) is 20.0 Å². The van der Waals surface area contributed by atoms with Crippen LogP contribution in [0.2, 0.25) is 0 Å². The lowest BCUT2D eigenvalue weighted by Gasteiger charge is -2.11. The van der Waals surface area contributed by atoms with Gasteiger partial charge in [-0.15, -0.1) is 0 Å². The lowest BCUT2D eigenvalue weighted by atomic mass is 10.1. The Morgan fingerprint density at radius 3 is 2.76 bits per heavy atom. The predicted molar refractivity (Wildman–Crippen MR) is 66.2 cm³/mol. The molecule has 3 N–H and O–H groups in total. The number of nitrogens with one attached hydrogen (secondary N) is 1. The summed E-state index contributed by atoms with van der Waals surface area (Å²) in [4.78, 5) is 15.6. The molecule has 6 nitrogen and oxygen atoms in total. The van der Waals surface area contributed by atoms with Gasteiger partial charge in [-0.2, -0.15) is 18.2 Å². The van der Waals surface area contributed by atoms with Gasteiger partial charge in [0.05, 0.1) is 11.1 Å². The Morgan fingerprint density at radius 1 is 1.38 bits per heavy atom. The molecule has 0 saturated heterocycles. The number of halogens is 3. The van der Waals surface area contributed by atoms with Crippen molar-refractivity contribution in [2.45, 2.75) is 12.6 Å². The second-order valence-electron chi connectivity index (χ2n) is 4.15. The monoisotopic (exact) mass is 300 g/mol. The van der Waals surface area contributed by atoms with Crippen LogP contribution in [-0.2, 0) is 12.6 Å². The zero-order valence-corrected chi connectivity index (χ0v) is 10.6. The number of anilines is 1. The molecule has 0 fully saturated rings. The van der Waals surface area contributed by atoms with Crippen LogP contribution in [-0.4, -0.2) is 22.6 Å². The Bertz CT molecular complexity index is 626. The summed E-state index contributed by atoms with van der Waals surface area (Å²) in [7, 11) is 0. The van der Waals surface area contributed by atoms with Crippen molar-refractivity contribution in [3.63, 3.8) is 0 Å². The van der Waals surface area contributed by atoms with E-state index in [0.29, 0.717) is 12.2 Å². The molecule has 0 saturated carbocycles. The Labute approximate surface area is 117 Å². The van der Waals surface area contributed by atoms with Gasteiger partial charge in [0, 0.05) is 18.7 Å². The quantitative estimate of drug-likeness (QED) is 0.837. The first-order valence-electron chi connectivity index (χ1n) is 5.88. The number of carbonyl (C=O) groups excluding carboxylic acids is 1. The van der Waals surface area contributed by atoms with E-state index in [1.54, 1.807) is 0 Å². The van der Waals surface area contributed by atoms with E-state index in [1.807, 2.05) is 0 Å². The van der Waals surface area contributed by atoms with Gasteiger partial charge in [0.1, 0.15) is 0 Å². The van der Waals surface area contributed by atoms with Crippen LogP contribution in [0, 0.1) is 0 Å². The van der Waals surface area contributed by atoms with Crippen LogP contribution in [0.25, 0.3) is 0 Å². The smallest absolute Gasteiger partial charge is 0.398 e. The topological polar surface area (TPSA) is 94.0 Å². The zero-order chi connectivity index (χ0) is 15.5. The number of hydrogen-bond donors (Lipinski definition) is 2. The molecule has 21 heavy (non-hydrogen) atoms. The van der Waals surface area contributed by atoms with Crippen molar-refractivity contribution in [2.75, 3.05) is 12.3 Å². The van der Waals surface area contributed by atoms with Gasteiger partial charge in [-0.3, -0.25) is 4.79 Å². The highest BCUT2D eigenvalue weighted by Crippen LogP contribution is 2.31. The molecule has 2 aromatic rings. The Balaban J connectivity index is 2.04. The third-order valence-corrected chi connectivity index (χ3v) is 2.67. The van der Waals surface area contributed by atoms with E-state index < -0.39 is 17.6 Å². The predicted octanol–water partition coefficient (Wildman–Crippen LogP) is 1.64. The summed E-state index contributed by atoms with van der Waals surface area (Å²) < 4.78 is 42.3. The maximum absolute atomic E-state index is 12.6. The van der Waals surface area contributed by atoms with Crippen molar-refractivity contribution < 1.29 is 22.5 Å². The van der Waals surface area contributed by atoms with E-state index >= 15 is 0 Å². The minimum atomic E-state index is -4.53. The summed E-state index contributed by atoms with van der Waals surface area (Å²) >= 11 is 0. The van der Waals surface area contributed by atoms with Crippen LogP contribution in [0.4, 0.5) is 18.9 Å². The molecular weight excluding hydrogens is 289 g/mol. The summed E-state index contributed by atoms with van der Waals surface area (Å²) in [5, 5.41) is 5.99. The number of alkyl halides is 3. The van der Waals surface area contributed by atoms with Crippen LogP contribution >= 0.6 is 0 Å². The van der Waals surface area contributed by atoms with Gasteiger partial charge in [-0.1, -0.05) is 5.16 Å². The highest BCUT2D eigenvalue weighted by molar-refractivity contribution is 5.99. The van der Waals surface area contributed by atoms with Gasteiger partial charge in [-0.25, -0.2) is 0 Å². The molecule has 2 rings (SSSR count). The molecule has 0 spiro atoms. The first-order chi connectivity index (χ1) is 9.88. The maximum atomic E-state index is 12.6. The Morgan fingerprint density at radius 2 is 2.14 bits per heavy atom. The van der Waals surface area contributed by atoms with Crippen LogP contribution in [0.15, 0.2) is 29.1 Å².